The molecule has 1 aliphatic rings. The van der Waals surface area contributed by atoms with E-state index in [1.165, 1.54) is 16.5 Å². The predicted molar refractivity (Wildman–Crippen MR) is 121 cm³/mol. The smallest absolute Gasteiger partial charge is 0.276 e. The molecular weight excluding hydrogens is 372 g/mol. The zero-order valence-electron chi connectivity index (χ0n) is 16.8. The quantitative estimate of drug-likeness (QED) is 0.509. The van der Waals surface area contributed by atoms with Crippen molar-refractivity contribution in [3.8, 4) is 0 Å². The Balaban J connectivity index is 1.28. The molecule has 150 valence electrons. The monoisotopic (exact) mass is 396 g/mol. The molecular formula is C25H24N4O. The lowest BCUT2D eigenvalue weighted by Gasteiger charge is -2.29. The maximum Gasteiger partial charge on any atom is 0.276 e. The fourth-order valence-electron chi connectivity index (χ4n) is 4.22. The van der Waals surface area contributed by atoms with E-state index in [2.05, 4.69) is 45.7 Å². The summed E-state index contributed by atoms with van der Waals surface area (Å²) in [7, 11) is 0. The maximum absolute atomic E-state index is 13.2. The molecule has 0 bridgehead atoms. The summed E-state index contributed by atoms with van der Waals surface area (Å²) in [6, 6.07) is 20.2. The van der Waals surface area contributed by atoms with E-state index >= 15 is 0 Å². The minimum absolute atomic E-state index is 0.0394. The highest BCUT2D eigenvalue weighted by Crippen LogP contribution is 2.28. The Hall–Kier alpha value is -3.60. The third-order valence-corrected chi connectivity index (χ3v) is 5.73. The number of nitrogens with one attached hydrogen (secondary N) is 2. The Kier molecular flexibility index (Phi) is 4.93. The average Bonchev–Trinajstić information content (AvgIpc) is 3.22. The van der Waals surface area contributed by atoms with Gasteiger partial charge in [-0.15, -0.1) is 0 Å². The number of para-hydroxylation sites is 2. The number of amides is 1. The van der Waals surface area contributed by atoms with E-state index < -0.39 is 0 Å². The molecule has 4 aromatic rings. The van der Waals surface area contributed by atoms with Crippen molar-refractivity contribution in [2.75, 3.05) is 23.3 Å². The number of anilines is 2. The third-order valence-electron chi connectivity index (χ3n) is 5.73. The van der Waals surface area contributed by atoms with Crippen molar-refractivity contribution in [3.63, 3.8) is 0 Å². The number of benzene rings is 2. The molecule has 5 rings (SSSR count). The molecule has 0 radical (unpaired) electrons. The minimum Gasteiger partial charge on any atom is -0.385 e. The van der Waals surface area contributed by atoms with Crippen LogP contribution in [0.1, 0.15) is 28.0 Å². The van der Waals surface area contributed by atoms with Gasteiger partial charge in [0.2, 0.25) is 0 Å². The van der Waals surface area contributed by atoms with Gasteiger partial charge in [-0.25, -0.2) is 0 Å². The second-order valence-electron chi connectivity index (χ2n) is 7.66. The van der Waals surface area contributed by atoms with Crippen LogP contribution in [-0.4, -0.2) is 29.0 Å². The highest BCUT2D eigenvalue weighted by molar-refractivity contribution is 6.05. The third kappa shape index (κ3) is 3.54. The number of rotatable bonds is 5. The van der Waals surface area contributed by atoms with Gasteiger partial charge in [-0.05, 0) is 54.7 Å². The highest BCUT2D eigenvalue weighted by atomic mass is 16.2. The first-order chi connectivity index (χ1) is 14.8. The molecule has 2 aromatic heterocycles. The summed E-state index contributed by atoms with van der Waals surface area (Å²) >= 11 is 0. The molecule has 5 nitrogen and oxygen atoms in total. The normalized spacial score (nSPS) is 13.3. The van der Waals surface area contributed by atoms with E-state index in [1.54, 1.807) is 6.20 Å². The van der Waals surface area contributed by atoms with Crippen LogP contribution >= 0.6 is 0 Å². The van der Waals surface area contributed by atoms with Crippen LogP contribution in [0.2, 0.25) is 0 Å². The highest BCUT2D eigenvalue weighted by Gasteiger charge is 2.24. The van der Waals surface area contributed by atoms with Crippen LogP contribution in [0.3, 0.4) is 0 Å². The molecule has 0 aliphatic carbocycles. The molecule has 0 unspecified atom stereocenters. The zero-order chi connectivity index (χ0) is 20.3. The summed E-state index contributed by atoms with van der Waals surface area (Å²) in [5, 5.41) is 4.70. The maximum atomic E-state index is 13.2. The second kappa shape index (κ2) is 8.03. The summed E-state index contributed by atoms with van der Waals surface area (Å²) in [6.07, 6.45) is 6.67. The number of fused-ring (bicyclic) bond motifs is 2. The van der Waals surface area contributed by atoms with E-state index in [0.29, 0.717) is 5.69 Å². The Bertz CT molecular complexity index is 1200. The number of nitrogens with zero attached hydrogens (tertiary/aromatic N) is 2. The Morgan fingerprint density at radius 3 is 2.93 bits per heavy atom. The van der Waals surface area contributed by atoms with Crippen molar-refractivity contribution in [3.05, 3.63) is 89.9 Å². The van der Waals surface area contributed by atoms with E-state index in [1.807, 2.05) is 41.3 Å². The van der Waals surface area contributed by atoms with Crippen LogP contribution in [0.15, 0.2) is 73.1 Å². The van der Waals surface area contributed by atoms with Crippen molar-refractivity contribution in [1.82, 2.24) is 9.97 Å². The van der Waals surface area contributed by atoms with Gasteiger partial charge in [0.25, 0.3) is 5.91 Å². The van der Waals surface area contributed by atoms with Crippen molar-refractivity contribution in [2.45, 2.75) is 19.3 Å². The molecule has 3 heterocycles. The molecule has 2 aromatic carbocycles. The van der Waals surface area contributed by atoms with Crippen molar-refractivity contribution in [1.29, 1.82) is 0 Å². The van der Waals surface area contributed by atoms with E-state index in [-0.39, 0.29) is 5.91 Å². The van der Waals surface area contributed by atoms with Crippen LogP contribution in [0, 0.1) is 0 Å². The van der Waals surface area contributed by atoms with Crippen molar-refractivity contribution in [2.24, 2.45) is 0 Å². The Morgan fingerprint density at radius 2 is 1.97 bits per heavy atom. The van der Waals surface area contributed by atoms with Crippen LogP contribution in [-0.2, 0) is 12.8 Å². The number of pyridine rings is 1. The lowest BCUT2D eigenvalue weighted by Crippen LogP contribution is -2.35. The van der Waals surface area contributed by atoms with Gasteiger partial charge in [0.05, 0.1) is 0 Å². The summed E-state index contributed by atoms with van der Waals surface area (Å²) < 4.78 is 0. The molecule has 0 saturated heterocycles. The zero-order valence-corrected chi connectivity index (χ0v) is 16.8. The van der Waals surface area contributed by atoms with E-state index in [0.717, 1.165) is 49.2 Å². The fourth-order valence-corrected chi connectivity index (χ4v) is 4.22. The van der Waals surface area contributed by atoms with Crippen LogP contribution < -0.4 is 10.2 Å². The number of aromatic amines is 1. The molecule has 0 atom stereocenters. The molecule has 30 heavy (non-hydrogen) atoms. The first-order valence-electron chi connectivity index (χ1n) is 10.4. The van der Waals surface area contributed by atoms with Gasteiger partial charge < -0.3 is 15.2 Å². The first kappa shape index (κ1) is 18.4. The predicted octanol–water partition coefficient (Wildman–Crippen LogP) is 4.81. The topological polar surface area (TPSA) is 61.0 Å². The number of aromatic nitrogens is 2. The van der Waals surface area contributed by atoms with Crippen LogP contribution in [0.5, 0.6) is 0 Å². The van der Waals surface area contributed by atoms with Gasteiger partial charge >= 0.3 is 0 Å². The number of aryl methyl sites for hydroxylation is 1. The Morgan fingerprint density at radius 1 is 1.10 bits per heavy atom. The second-order valence-corrected chi connectivity index (χ2v) is 7.66. The largest absolute Gasteiger partial charge is 0.385 e. The van der Waals surface area contributed by atoms with Crippen molar-refractivity contribution < 1.29 is 4.79 Å². The summed E-state index contributed by atoms with van der Waals surface area (Å²) in [4.78, 5) is 22.7. The number of H-pyrrole nitrogens is 1. The molecule has 1 amide bonds. The van der Waals surface area contributed by atoms with Gasteiger partial charge in [0, 0.05) is 47.8 Å². The molecule has 2 N–H and O–H groups in total. The molecule has 5 heteroatoms. The number of hydrogen-bond acceptors (Lipinski definition) is 3. The van der Waals surface area contributed by atoms with Gasteiger partial charge in [-0.2, -0.15) is 0 Å². The SMILES string of the molecule is O=C(c1cc(NCCc2c[nH]c3ccccc23)ccn1)N1CCCc2ccccc21. The lowest BCUT2D eigenvalue weighted by atomic mass is 10.0. The van der Waals surface area contributed by atoms with Gasteiger partial charge in [0.1, 0.15) is 5.69 Å². The van der Waals surface area contributed by atoms with Gasteiger partial charge in [-0.1, -0.05) is 36.4 Å². The number of hydrogen-bond donors (Lipinski definition) is 2. The molecule has 1 aliphatic heterocycles. The van der Waals surface area contributed by atoms with Crippen LogP contribution in [0.25, 0.3) is 10.9 Å². The van der Waals surface area contributed by atoms with Crippen LogP contribution in [0.4, 0.5) is 11.4 Å². The summed E-state index contributed by atoms with van der Waals surface area (Å²) in [5.41, 5.74) is 6.07. The Labute approximate surface area is 175 Å². The van der Waals surface area contributed by atoms with Crippen molar-refractivity contribution >= 4 is 28.2 Å². The molecule has 0 fully saturated rings. The van der Waals surface area contributed by atoms with E-state index in [4.69, 9.17) is 0 Å². The minimum atomic E-state index is -0.0394. The van der Waals surface area contributed by atoms with Gasteiger partial charge in [0.15, 0.2) is 0 Å². The summed E-state index contributed by atoms with van der Waals surface area (Å²) in [6.45, 7) is 1.52. The van der Waals surface area contributed by atoms with E-state index in [9.17, 15) is 4.79 Å². The summed E-state index contributed by atoms with van der Waals surface area (Å²) in [5.74, 6) is -0.0394. The first-order valence-corrected chi connectivity index (χ1v) is 10.4. The molecule has 0 spiro atoms. The standard InChI is InChI=1S/C25H24N4O/c30-25(29-15-5-7-18-6-1-4-10-24(18)29)23-16-20(12-14-27-23)26-13-11-19-17-28-22-9-3-2-8-21(19)22/h1-4,6,8-10,12,14,16-17,28H,5,7,11,13,15H2,(H,26,27). The van der Waals surface area contributed by atoms with Gasteiger partial charge in [-0.3, -0.25) is 9.78 Å². The number of carbonyl (C=O) groups is 1. The number of carbonyl (C=O) groups excluding carboxylic acids is 1. The molecule has 0 saturated carbocycles. The fraction of sp³-hybridized carbons (Fsp3) is 0.200. The lowest BCUT2D eigenvalue weighted by molar-refractivity contribution is 0.0980. The average molecular weight is 396 g/mol.